The average molecular weight is 213 g/mol. The first-order valence-corrected chi connectivity index (χ1v) is 4.60. The lowest BCUT2D eigenvalue weighted by Gasteiger charge is -1.99. The minimum atomic E-state index is -0.488. The minimum Gasteiger partial charge on any atom is -0.294 e. The number of ketones is 1. The minimum absolute atomic E-state index is 0.0470. The molecular formula is C11H10ClFO. The lowest BCUT2D eigenvalue weighted by atomic mass is 10.1. The Morgan fingerprint density at radius 2 is 2.29 bits per heavy atom. The molecular weight excluding hydrogens is 203 g/mol. The summed E-state index contributed by atoms with van der Waals surface area (Å²) in [5, 5.41) is 0.0761. The maximum absolute atomic E-state index is 13.0. The van der Waals surface area contributed by atoms with Crippen LogP contribution in [0.15, 0.2) is 30.4 Å². The Morgan fingerprint density at radius 3 is 2.86 bits per heavy atom. The molecule has 0 N–H and O–H groups in total. The fourth-order valence-electron chi connectivity index (χ4n) is 1.10. The smallest absolute Gasteiger partial charge is 0.159 e. The molecule has 1 rings (SSSR count). The molecule has 1 aromatic carbocycles. The highest BCUT2D eigenvalue weighted by Crippen LogP contribution is 2.15. The summed E-state index contributed by atoms with van der Waals surface area (Å²) >= 11 is 5.50. The van der Waals surface area contributed by atoms with Gasteiger partial charge in [0.1, 0.15) is 5.82 Å². The summed E-state index contributed by atoms with van der Waals surface area (Å²) in [7, 11) is 0. The van der Waals surface area contributed by atoms with Crippen molar-refractivity contribution in [3.8, 4) is 0 Å². The highest BCUT2D eigenvalue weighted by molar-refractivity contribution is 6.30. The number of carbonyl (C=O) groups is 1. The Kier molecular flexibility index (Phi) is 3.84. The van der Waals surface area contributed by atoms with Crippen molar-refractivity contribution in [1.29, 1.82) is 0 Å². The van der Waals surface area contributed by atoms with E-state index < -0.39 is 5.82 Å². The van der Waals surface area contributed by atoms with Crippen LogP contribution in [0.1, 0.15) is 12.5 Å². The molecule has 0 aliphatic rings. The van der Waals surface area contributed by atoms with E-state index in [0.29, 0.717) is 5.56 Å². The molecule has 0 aliphatic heterocycles. The molecule has 14 heavy (non-hydrogen) atoms. The molecule has 0 aromatic heterocycles. The van der Waals surface area contributed by atoms with Crippen molar-refractivity contribution >= 4 is 17.4 Å². The molecule has 0 saturated heterocycles. The van der Waals surface area contributed by atoms with Crippen LogP contribution in [-0.2, 0) is 11.2 Å². The molecule has 0 amide bonds. The zero-order chi connectivity index (χ0) is 10.6. The molecule has 0 atom stereocenters. The van der Waals surface area contributed by atoms with Crippen molar-refractivity contribution in [2.45, 2.75) is 13.3 Å². The third-order valence-corrected chi connectivity index (χ3v) is 2.02. The van der Waals surface area contributed by atoms with E-state index in [1.165, 1.54) is 18.2 Å². The molecule has 0 saturated carbocycles. The van der Waals surface area contributed by atoms with E-state index in [4.69, 9.17) is 11.6 Å². The SMILES string of the molecule is C/C=C/C(=O)Cc1ccc(Cl)c(F)c1. The van der Waals surface area contributed by atoms with Crippen LogP contribution < -0.4 is 0 Å². The van der Waals surface area contributed by atoms with Gasteiger partial charge in [-0.1, -0.05) is 23.7 Å². The topological polar surface area (TPSA) is 17.1 Å². The molecule has 3 heteroatoms. The summed E-state index contributed by atoms with van der Waals surface area (Å²) in [4.78, 5) is 11.2. The molecule has 74 valence electrons. The van der Waals surface area contributed by atoms with Gasteiger partial charge in [-0.2, -0.15) is 0 Å². The summed E-state index contributed by atoms with van der Waals surface area (Å²) in [5.74, 6) is -0.535. The zero-order valence-electron chi connectivity index (χ0n) is 7.76. The van der Waals surface area contributed by atoms with E-state index in [2.05, 4.69) is 0 Å². The zero-order valence-corrected chi connectivity index (χ0v) is 8.51. The van der Waals surface area contributed by atoms with Crippen molar-refractivity contribution in [2.75, 3.05) is 0 Å². The van der Waals surface area contributed by atoms with Gasteiger partial charge < -0.3 is 0 Å². The molecule has 0 heterocycles. The fraction of sp³-hybridized carbons (Fsp3) is 0.182. The quantitative estimate of drug-likeness (QED) is 0.704. The Balaban J connectivity index is 2.78. The number of benzene rings is 1. The summed E-state index contributed by atoms with van der Waals surface area (Å²) in [6.07, 6.45) is 3.33. The molecule has 0 radical (unpaired) electrons. The van der Waals surface area contributed by atoms with Gasteiger partial charge in [0.05, 0.1) is 5.02 Å². The van der Waals surface area contributed by atoms with E-state index >= 15 is 0 Å². The molecule has 0 spiro atoms. The predicted octanol–water partition coefficient (Wildman–Crippen LogP) is 3.17. The van der Waals surface area contributed by atoms with E-state index in [9.17, 15) is 9.18 Å². The maximum atomic E-state index is 13.0. The third kappa shape index (κ3) is 2.96. The van der Waals surface area contributed by atoms with Crippen LogP contribution in [0.4, 0.5) is 4.39 Å². The standard InChI is InChI=1S/C11H10ClFO/c1-2-3-9(14)6-8-4-5-10(12)11(13)7-8/h2-5,7H,6H2,1H3/b3-2+. The number of hydrogen-bond acceptors (Lipinski definition) is 1. The first-order valence-electron chi connectivity index (χ1n) is 4.23. The second kappa shape index (κ2) is 4.91. The van der Waals surface area contributed by atoms with E-state index in [1.54, 1.807) is 19.1 Å². The maximum Gasteiger partial charge on any atom is 0.159 e. The monoisotopic (exact) mass is 212 g/mol. The average Bonchev–Trinajstić information content (AvgIpc) is 2.12. The molecule has 1 aromatic rings. The second-order valence-electron chi connectivity index (χ2n) is 2.89. The van der Waals surface area contributed by atoms with Gasteiger partial charge >= 0.3 is 0 Å². The van der Waals surface area contributed by atoms with Gasteiger partial charge in [0.15, 0.2) is 5.78 Å². The van der Waals surface area contributed by atoms with Gasteiger partial charge in [-0.3, -0.25) is 4.79 Å². The van der Waals surface area contributed by atoms with E-state index in [0.717, 1.165) is 0 Å². The Hall–Kier alpha value is -1.15. The number of halogens is 2. The van der Waals surface area contributed by atoms with Crippen LogP contribution in [-0.4, -0.2) is 5.78 Å². The molecule has 1 nitrogen and oxygen atoms in total. The molecule has 0 aliphatic carbocycles. The summed E-state index contributed by atoms with van der Waals surface area (Å²) in [6, 6.07) is 4.38. The number of hydrogen-bond donors (Lipinski definition) is 0. The van der Waals surface area contributed by atoms with Crippen LogP contribution in [0.3, 0.4) is 0 Å². The van der Waals surface area contributed by atoms with Crippen LogP contribution in [0, 0.1) is 5.82 Å². The van der Waals surface area contributed by atoms with Crippen LogP contribution >= 0.6 is 11.6 Å². The van der Waals surface area contributed by atoms with Gasteiger partial charge in [-0.25, -0.2) is 4.39 Å². The molecule has 0 bridgehead atoms. The Morgan fingerprint density at radius 1 is 1.57 bits per heavy atom. The molecule has 0 unspecified atom stereocenters. The van der Waals surface area contributed by atoms with E-state index in [1.807, 2.05) is 0 Å². The van der Waals surface area contributed by atoms with Crippen molar-refractivity contribution in [3.05, 3.63) is 46.8 Å². The van der Waals surface area contributed by atoms with Crippen LogP contribution in [0.2, 0.25) is 5.02 Å². The van der Waals surface area contributed by atoms with E-state index in [-0.39, 0.29) is 17.2 Å². The summed E-state index contributed by atoms with van der Waals surface area (Å²) in [5.41, 5.74) is 0.634. The van der Waals surface area contributed by atoms with Crippen molar-refractivity contribution < 1.29 is 9.18 Å². The third-order valence-electron chi connectivity index (χ3n) is 1.71. The fourth-order valence-corrected chi connectivity index (χ4v) is 1.21. The lowest BCUT2D eigenvalue weighted by molar-refractivity contribution is -0.114. The van der Waals surface area contributed by atoms with Crippen molar-refractivity contribution in [3.63, 3.8) is 0 Å². The first-order chi connectivity index (χ1) is 6.63. The normalized spacial score (nSPS) is 10.8. The summed E-state index contributed by atoms with van der Waals surface area (Å²) in [6.45, 7) is 1.76. The van der Waals surface area contributed by atoms with Crippen LogP contribution in [0.5, 0.6) is 0 Å². The number of allylic oxidation sites excluding steroid dienone is 2. The van der Waals surface area contributed by atoms with Gasteiger partial charge in [-0.05, 0) is 30.7 Å². The number of rotatable bonds is 3. The Bertz CT molecular complexity index is 372. The van der Waals surface area contributed by atoms with Crippen molar-refractivity contribution in [2.24, 2.45) is 0 Å². The summed E-state index contributed by atoms with van der Waals surface area (Å²) < 4.78 is 13.0. The molecule has 0 fully saturated rings. The number of carbonyl (C=O) groups excluding carboxylic acids is 1. The van der Waals surface area contributed by atoms with Gasteiger partial charge in [0, 0.05) is 6.42 Å². The Labute approximate surface area is 87.2 Å². The highest BCUT2D eigenvalue weighted by Gasteiger charge is 2.03. The highest BCUT2D eigenvalue weighted by atomic mass is 35.5. The van der Waals surface area contributed by atoms with Gasteiger partial charge in [0.25, 0.3) is 0 Å². The van der Waals surface area contributed by atoms with Gasteiger partial charge in [-0.15, -0.1) is 0 Å². The largest absolute Gasteiger partial charge is 0.294 e. The van der Waals surface area contributed by atoms with Crippen LogP contribution in [0.25, 0.3) is 0 Å². The van der Waals surface area contributed by atoms with Gasteiger partial charge in [0.2, 0.25) is 0 Å². The first kappa shape index (κ1) is 10.9. The second-order valence-corrected chi connectivity index (χ2v) is 3.30. The van der Waals surface area contributed by atoms with Crippen molar-refractivity contribution in [1.82, 2.24) is 0 Å². The lowest BCUT2D eigenvalue weighted by Crippen LogP contribution is -1.98. The predicted molar refractivity (Wildman–Crippen MR) is 54.9 cm³/mol.